The van der Waals surface area contributed by atoms with Crippen molar-refractivity contribution in [1.29, 1.82) is 0 Å². The molecular formula is C24H30N2O4S. The minimum atomic E-state index is -3.08. The molecule has 2 aliphatic heterocycles. The van der Waals surface area contributed by atoms with Gasteiger partial charge in [0.05, 0.1) is 30.2 Å². The van der Waals surface area contributed by atoms with Crippen molar-refractivity contribution in [1.82, 2.24) is 10.2 Å². The van der Waals surface area contributed by atoms with E-state index in [4.69, 9.17) is 4.74 Å². The third-order valence-electron chi connectivity index (χ3n) is 6.12. The molecule has 2 aromatic rings. The van der Waals surface area contributed by atoms with E-state index < -0.39 is 9.84 Å². The Morgan fingerprint density at radius 1 is 1.03 bits per heavy atom. The lowest BCUT2D eigenvalue weighted by Gasteiger charge is -2.31. The number of hydrogen-bond acceptors (Lipinski definition) is 5. The average Bonchev–Trinajstić information content (AvgIpc) is 3.42. The van der Waals surface area contributed by atoms with Crippen molar-refractivity contribution in [3.63, 3.8) is 0 Å². The first-order valence-electron chi connectivity index (χ1n) is 11.0. The van der Waals surface area contributed by atoms with Crippen molar-refractivity contribution in [3.8, 4) is 0 Å². The molecule has 0 aromatic heterocycles. The summed E-state index contributed by atoms with van der Waals surface area (Å²) in [6.45, 7) is 1.30. The number of amides is 1. The number of hydrogen-bond donors (Lipinski definition) is 1. The molecule has 4 rings (SSSR count). The summed E-state index contributed by atoms with van der Waals surface area (Å²) in [7, 11) is -3.08. The second-order valence-corrected chi connectivity index (χ2v) is 10.6. The van der Waals surface area contributed by atoms with Crippen molar-refractivity contribution in [2.45, 2.75) is 37.5 Å². The zero-order valence-electron chi connectivity index (χ0n) is 17.7. The highest BCUT2D eigenvalue weighted by Gasteiger charge is 2.36. The Morgan fingerprint density at radius 2 is 1.68 bits per heavy atom. The van der Waals surface area contributed by atoms with Crippen LogP contribution in [0.5, 0.6) is 0 Å². The molecule has 0 radical (unpaired) electrons. The second kappa shape index (κ2) is 9.94. The van der Waals surface area contributed by atoms with E-state index >= 15 is 0 Å². The molecule has 1 N–H and O–H groups in total. The van der Waals surface area contributed by atoms with Crippen LogP contribution in [0.2, 0.25) is 0 Å². The standard InChI is InChI=1S/C24H30N2O4S/c27-23(26(17-22-12-7-14-30-22)21-13-15-31(28,29)18-21)16-25-24(19-8-3-1-4-9-19)20-10-5-2-6-11-20/h1-6,8-11,21-22,24-25H,7,12-18H2. The highest BCUT2D eigenvalue weighted by molar-refractivity contribution is 7.91. The fourth-order valence-electron chi connectivity index (χ4n) is 4.49. The SMILES string of the molecule is O=C(CNC(c1ccccc1)c1ccccc1)N(CC1CCCO1)C1CCS(=O)(=O)C1. The summed E-state index contributed by atoms with van der Waals surface area (Å²) in [4.78, 5) is 15.1. The van der Waals surface area contributed by atoms with Gasteiger partial charge in [0.2, 0.25) is 5.91 Å². The van der Waals surface area contributed by atoms with Crippen LogP contribution >= 0.6 is 0 Å². The van der Waals surface area contributed by atoms with Crippen molar-refractivity contribution in [2.75, 3.05) is 31.2 Å². The number of carbonyl (C=O) groups excluding carboxylic acids is 1. The number of benzene rings is 2. The summed E-state index contributed by atoms with van der Waals surface area (Å²) < 4.78 is 29.9. The van der Waals surface area contributed by atoms with Crippen molar-refractivity contribution in [3.05, 3.63) is 71.8 Å². The number of rotatable bonds is 8. The van der Waals surface area contributed by atoms with Crippen LogP contribution in [0.15, 0.2) is 60.7 Å². The molecule has 2 aliphatic rings. The Kier molecular flexibility index (Phi) is 7.05. The summed E-state index contributed by atoms with van der Waals surface area (Å²) in [5, 5.41) is 3.42. The Balaban J connectivity index is 1.49. The Hall–Kier alpha value is -2.22. The van der Waals surface area contributed by atoms with Crippen LogP contribution in [0.3, 0.4) is 0 Å². The number of nitrogens with zero attached hydrogens (tertiary/aromatic N) is 1. The first-order chi connectivity index (χ1) is 15.0. The van der Waals surface area contributed by atoms with E-state index in [0.29, 0.717) is 19.6 Å². The fraction of sp³-hybridized carbons (Fsp3) is 0.458. The van der Waals surface area contributed by atoms with E-state index in [0.717, 1.165) is 24.0 Å². The molecule has 0 bridgehead atoms. The second-order valence-electron chi connectivity index (χ2n) is 8.37. The van der Waals surface area contributed by atoms with Crippen LogP contribution in [0, 0.1) is 0 Å². The van der Waals surface area contributed by atoms with Crippen LogP contribution in [0.25, 0.3) is 0 Å². The van der Waals surface area contributed by atoms with Gasteiger partial charge in [0, 0.05) is 19.2 Å². The fourth-order valence-corrected chi connectivity index (χ4v) is 6.22. The van der Waals surface area contributed by atoms with Gasteiger partial charge in [0.15, 0.2) is 9.84 Å². The van der Waals surface area contributed by atoms with Gasteiger partial charge in [-0.1, -0.05) is 60.7 Å². The van der Waals surface area contributed by atoms with Gasteiger partial charge in [0.25, 0.3) is 0 Å². The van der Waals surface area contributed by atoms with Crippen molar-refractivity contribution >= 4 is 15.7 Å². The molecule has 0 aliphatic carbocycles. The summed E-state index contributed by atoms with van der Waals surface area (Å²) in [5.74, 6) is 0.123. The van der Waals surface area contributed by atoms with Gasteiger partial charge in [0.1, 0.15) is 0 Å². The van der Waals surface area contributed by atoms with Crippen LogP contribution < -0.4 is 5.32 Å². The van der Waals surface area contributed by atoms with Gasteiger partial charge >= 0.3 is 0 Å². The molecule has 2 saturated heterocycles. The molecule has 2 fully saturated rings. The van der Waals surface area contributed by atoms with Gasteiger partial charge in [-0.25, -0.2) is 8.42 Å². The topological polar surface area (TPSA) is 75.7 Å². The first-order valence-corrected chi connectivity index (χ1v) is 12.8. The lowest BCUT2D eigenvalue weighted by atomic mass is 9.99. The summed E-state index contributed by atoms with van der Waals surface area (Å²) in [6, 6.07) is 19.7. The minimum absolute atomic E-state index is 0.00806. The maximum absolute atomic E-state index is 13.3. The lowest BCUT2D eigenvalue weighted by molar-refractivity contribution is -0.134. The zero-order chi connectivity index (χ0) is 21.7. The highest BCUT2D eigenvalue weighted by atomic mass is 32.2. The summed E-state index contributed by atoms with van der Waals surface area (Å²) in [5.41, 5.74) is 2.16. The van der Waals surface area contributed by atoms with Gasteiger partial charge in [-0.3, -0.25) is 10.1 Å². The first kappa shape index (κ1) is 22.0. The van der Waals surface area contributed by atoms with E-state index in [1.54, 1.807) is 4.90 Å². The highest BCUT2D eigenvalue weighted by Crippen LogP contribution is 2.24. The zero-order valence-corrected chi connectivity index (χ0v) is 18.5. The monoisotopic (exact) mass is 442 g/mol. The van der Waals surface area contributed by atoms with E-state index in [-0.39, 0.29) is 42.1 Å². The van der Waals surface area contributed by atoms with Crippen LogP contribution in [0.4, 0.5) is 0 Å². The summed E-state index contributed by atoms with van der Waals surface area (Å²) >= 11 is 0. The predicted octanol–water partition coefficient (Wildman–Crippen LogP) is 2.56. The Bertz CT molecular complexity index is 920. The number of ether oxygens (including phenoxy) is 1. The largest absolute Gasteiger partial charge is 0.376 e. The third kappa shape index (κ3) is 5.73. The molecule has 6 nitrogen and oxygen atoms in total. The van der Waals surface area contributed by atoms with Crippen molar-refractivity contribution in [2.24, 2.45) is 0 Å². The lowest BCUT2D eigenvalue weighted by Crippen LogP contribution is -2.48. The van der Waals surface area contributed by atoms with E-state index in [1.165, 1.54) is 0 Å². The molecule has 0 saturated carbocycles. The maximum atomic E-state index is 13.3. The van der Waals surface area contributed by atoms with Gasteiger partial charge in [-0.2, -0.15) is 0 Å². The Morgan fingerprint density at radius 3 is 2.19 bits per heavy atom. The Labute approximate surface area is 184 Å². The molecule has 7 heteroatoms. The smallest absolute Gasteiger partial charge is 0.236 e. The number of nitrogens with one attached hydrogen (secondary N) is 1. The summed E-state index contributed by atoms with van der Waals surface area (Å²) in [6.07, 6.45) is 2.39. The quantitative estimate of drug-likeness (QED) is 0.680. The van der Waals surface area contributed by atoms with E-state index in [2.05, 4.69) is 5.32 Å². The number of carbonyl (C=O) groups is 1. The number of sulfone groups is 1. The van der Waals surface area contributed by atoms with E-state index in [1.807, 2.05) is 60.7 Å². The van der Waals surface area contributed by atoms with Crippen LogP contribution in [0.1, 0.15) is 36.4 Å². The molecule has 1 amide bonds. The molecular weight excluding hydrogens is 412 g/mol. The van der Waals surface area contributed by atoms with Crippen molar-refractivity contribution < 1.29 is 17.9 Å². The molecule has 31 heavy (non-hydrogen) atoms. The molecule has 2 unspecified atom stereocenters. The van der Waals surface area contributed by atoms with Crippen LogP contribution in [-0.4, -0.2) is 62.6 Å². The molecule has 0 spiro atoms. The van der Waals surface area contributed by atoms with Crippen LogP contribution in [-0.2, 0) is 19.4 Å². The predicted molar refractivity (Wildman–Crippen MR) is 120 cm³/mol. The maximum Gasteiger partial charge on any atom is 0.236 e. The molecule has 2 heterocycles. The van der Waals surface area contributed by atoms with E-state index in [9.17, 15) is 13.2 Å². The normalized spacial score (nSPS) is 22.6. The minimum Gasteiger partial charge on any atom is -0.376 e. The third-order valence-corrected chi connectivity index (χ3v) is 7.87. The average molecular weight is 443 g/mol. The molecule has 2 atom stereocenters. The van der Waals surface area contributed by atoms with Gasteiger partial charge < -0.3 is 9.64 Å². The van der Waals surface area contributed by atoms with Gasteiger partial charge in [-0.15, -0.1) is 0 Å². The molecule has 2 aromatic carbocycles. The molecule has 166 valence electrons. The van der Waals surface area contributed by atoms with Gasteiger partial charge in [-0.05, 0) is 30.4 Å².